The molecule has 19 heavy (non-hydrogen) atoms. The Hall–Kier alpha value is -2.07. The molecule has 0 fully saturated rings. The number of imidazole rings is 1. The largest absolute Gasteiger partial charge is 0.468 e. The molecule has 0 spiro atoms. The Morgan fingerprint density at radius 3 is 2.84 bits per heavy atom. The van der Waals surface area contributed by atoms with Gasteiger partial charge in [-0.05, 0) is 49.2 Å². The number of nitrogens with zero attached hydrogens (tertiary/aromatic N) is 2. The number of fused-ring (bicyclic) bond motifs is 1. The summed E-state index contributed by atoms with van der Waals surface area (Å²) < 4.78 is 7.42. The van der Waals surface area contributed by atoms with Crippen LogP contribution in [-0.2, 0) is 6.54 Å². The molecule has 3 rings (SSSR count). The first-order chi connectivity index (χ1) is 9.15. The molecule has 0 saturated heterocycles. The number of nitrogens with two attached hydrogens (primary N) is 1. The second-order valence-corrected chi connectivity index (χ2v) is 4.94. The SMILES string of the molecule is Cc1cc2ncn(CC(N)c3ccco3)c2cc1C. The fourth-order valence-electron chi connectivity index (χ4n) is 2.26. The Morgan fingerprint density at radius 1 is 1.32 bits per heavy atom. The minimum atomic E-state index is -0.158. The van der Waals surface area contributed by atoms with Crippen molar-refractivity contribution in [1.82, 2.24) is 9.55 Å². The van der Waals surface area contributed by atoms with E-state index in [2.05, 4.69) is 35.5 Å². The monoisotopic (exact) mass is 255 g/mol. The van der Waals surface area contributed by atoms with Crippen molar-refractivity contribution in [3.05, 3.63) is 53.7 Å². The minimum Gasteiger partial charge on any atom is -0.468 e. The van der Waals surface area contributed by atoms with E-state index in [0.717, 1.165) is 16.8 Å². The molecule has 4 nitrogen and oxygen atoms in total. The summed E-state index contributed by atoms with van der Waals surface area (Å²) in [5.41, 5.74) is 10.8. The third-order valence-corrected chi connectivity index (χ3v) is 3.54. The summed E-state index contributed by atoms with van der Waals surface area (Å²) in [7, 11) is 0. The molecule has 4 heteroatoms. The van der Waals surface area contributed by atoms with E-state index in [-0.39, 0.29) is 6.04 Å². The van der Waals surface area contributed by atoms with Crippen LogP contribution < -0.4 is 5.73 Å². The van der Waals surface area contributed by atoms with Gasteiger partial charge in [-0.25, -0.2) is 4.98 Å². The lowest BCUT2D eigenvalue weighted by atomic mass is 10.1. The first-order valence-corrected chi connectivity index (χ1v) is 6.36. The predicted molar refractivity (Wildman–Crippen MR) is 74.8 cm³/mol. The van der Waals surface area contributed by atoms with E-state index in [1.165, 1.54) is 11.1 Å². The standard InChI is InChI=1S/C15H17N3O/c1-10-6-13-14(7-11(10)2)18(9-17-13)8-12(16)15-4-3-5-19-15/h3-7,9,12H,8,16H2,1-2H3. The highest BCUT2D eigenvalue weighted by Gasteiger charge is 2.12. The van der Waals surface area contributed by atoms with Gasteiger partial charge < -0.3 is 14.7 Å². The third-order valence-electron chi connectivity index (χ3n) is 3.54. The smallest absolute Gasteiger partial charge is 0.122 e. The lowest BCUT2D eigenvalue weighted by molar-refractivity contribution is 0.438. The van der Waals surface area contributed by atoms with Crippen LogP contribution in [0.5, 0.6) is 0 Å². The van der Waals surface area contributed by atoms with Crippen molar-refractivity contribution in [3.63, 3.8) is 0 Å². The van der Waals surface area contributed by atoms with Crippen molar-refractivity contribution in [1.29, 1.82) is 0 Å². The highest BCUT2D eigenvalue weighted by Crippen LogP contribution is 2.21. The third kappa shape index (κ3) is 2.15. The van der Waals surface area contributed by atoms with Crippen molar-refractivity contribution in [2.24, 2.45) is 5.73 Å². The molecule has 1 unspecified atom stereocenters. The highest BCUT2D eigenvalue weighted by molar-refractivity contribution is 5.77. The molecule has 0 aliphatic carbocycles. The molecule has 0 radical (unpaired) electrons. The van der Waals surface area contributed by atoms with Crippen LogP contribution in [-0.4, -0.2) is 9.55 Å². The predicted octanol–water partition coefficient (Wildman–Crippen LogP) is 2.95. The van der Waals surface area contributed by atoms with E-state index < -0.39 is 0 Å². The average molecular weight is 255 g/mol. The molecular formula is C15H17N3O. The second kappa shape index (κ2) is 4.55. The zero-order chi connectivity index (χ0) is 13.4. The maximum atomic E-state index is 6.15. The van der Waals surface area contributed by atoms with Crippen LogP contribution in [0.25, 0.3) is 11.0 Å². The van der Waals surface area contributed by atoms with Crippen LogP contribution >= 0.6 is 0 Å². The molecule has 0 bridgehead atoms. The summed E-state index contributed by atoms with van der Waals surface area (Å²) in [6.45, 7) is 4.87. The summed E-state index contributed by atoms with van der Waals surface area (Å²) in [5, 5.41) is 0. The second-order valence-electron chi connectivity index (χ2n) is 4.94. The highest BCUT2D eigenvalue weighted by atomic mass is 16.3. The summed E-state index contributed by atoms with van der Waals surface area (Å²) in [6, 6.07) is 7.87. The number of rotatable bonds is 3. The topological polar surface area (TPSA) is 57.0 Å². The van der Waals surface area contributed by atoms with Gasteiger partial charge >= 0.3 is 0 Å². The van der Waals surface area contributed by atoms with Crippen molar-refractivity contribution in [2.45, 2.75) is 26.4 Å². The van der Waals surface area contributed by atoms with E-state index >= 15 is 0 Å². The number of furan rings is 1. The average Bonchev–Trinajstić information content (AvgIpc) is 3.01. The summed E-state index contributed by atoms with van der Waals surface area (Å²) in [4.78, 5) is 4.43. The van der Waals surface area contributed by atoms with Gasteiger partial charge in [-0.1, -0.05) is 0 Å². The lowest BCUT2D eigenvalue weighted by Gasteiger charge is -2.11. The van der Waals surface area contributed by atoms with E-state index in [9.17, 15) is 0 Å². The molecule has 0 amide bonds. The molecule has 1 atom stereocenters. The van der Waals surface area contributed by atoms with Gasteiger partial charge in [-0.3, -0.25) is 0 Å². The fourth-order valence-corrected chi connectivity index (χ4v) is 2.26. The summed E-state index contributed by atoms with van der Waals surface area (Å²) >= 11 is 0. The quantitative estimate of drug-likeness (QED) is 0.782. The van der Waals surface area contributed by atoms with Gasteiger partial charge in [0.25, 0.3) is 0 Å². The van der Waals surface area contributed by atoms with Crippen LogP contribution in [0.15, 0.2) is 41.3 Å². The van der Waals surface area contributed by atoms with Crippen molar-refractivity contribution < 1.29 is 4.42 Å². The van der Waals surface area contributed by atoms with Crippen molar-refractivity contribution in [2.75, 3.05) is 0 Å². The number of hydrogen-bond acceptors (Lipinski definition) is 3. The van der Waals surface area contributed by atoms with Gasteiger partial charge in [0.1, 0.15) is 5.76 Å². The Balaban J connectivity index is 1.95. The molecule has 0 aliphatic heterocycles. The lowest BCUT2D eigenvalue weighted by Crippen LogP contribution is -2.16. The summed E-state index contributed by atoms with van der Waals surface area (Å²) in [5.74, 6) is 0.797. The Morgan fingerprint density at radius 2 is 2.11 bits per heavy atom. The van der Waals surface area contributed by atoms with Crippen LogP contribution in [0.2, 0.25) is 0 Å². The van der Waals surface area contributed by atoms with Crippen LogP contribution in [0.1, 0.15) is 22.9 Å². The number of hydrogen-bond donors (Lipinski definition) is 1. The number of aryl methyl sites for hydroxylation is 2. The van der Waals surface area contributed by atoms with E-state index in [1.807, 2.05) is 18.5 Å². The number of aromatic nitrogens is 2. The fraction of sp³-hybridized carbons (Fsp3) is 0.267. The molecule has 0 saturated carbocycles. The molecule has 2 heterocycles. The molecule has 0 aliphatic rings. The van der Waals surface area contributed by atoms with Crippen LogP contribution in [0, 0.1) is 13.8 Å². The van der Waals surface area contributed by atoms with Gasteiger partial charge in [0, 0.05) is 6.54 Å². The van der Waals surface area contributed by atoms with Gasteiger partial charge in [0.15, 0.2) is 0 Å². The van der Waals surface area contributed by atoms with E-state index in [4.69, 9.17) is 10.2 Å². The zero-order valence-corrected chi connectivity index (χ0v) is 11.1. The van der Waals surface area contributed by atoms with Crippen molar-refractivity contribution >= 4 is 11.0 Å². The Kier molecular flexibility index (Phi) is 2.87. The summed E-state index contributed by atoms with van der Waals surface area (Å²) in [6.07, 6.45) is 3.49. The molecule has 2 aromatic heterocycles. The molecule has 98 valence electrons. The van der Waals surface area contributed by atoms with Crippen molar-refractivity contribution in [3.8, 4) is 0 Å². The Bertz CT molecular complexity index is 698. The van der Waals surface area contributed by atoms with Gasteiger partial charge in [-0.2, -0.15) is 0 Å². The minimum absolute atomic E-state index is 0.158. The van der Waals surface area contributed by atoms with E-state index in [0.29, 0.717) is 6.54 Å². The first-order valence-electron chi connectivity index (χ1n) is 6.36. The van der Waals surface area contributed by atoms with Gasteiger partial charge in [-0.15, -0.1) is 0 Å². The van der Waals surface area contributed by atoms with Gasteiger partial charge in [0.05, 0.1) is 29.7 Å². The molecule has 2 N–H and O–H groups in total. The first kappa shape index (κ1) is 12.0. The maximum absolute atomic E-state index is 6.15. The van der Waals surface area contributed by atoms with Crippen LogP contribution in [0.4, 0.5) is 0 Å². The molecule has 3 aromatic rings. The maximum Gasteiger partial charge on any atom is 0.122 e. The van der Waals surface area contributed by atoms with Gasteiger partial charge in [0.2, 0.25) is 0 Å². The normalized spacial score (nSPS) is 13.0. The molecule has 1 aromatic carbocycles. The zero-order valence-electron chi connectivity index (χ0n) is 11.1. The van der Waals surface area contributed by atoms with Crippen LogP contribution in [0.3, 0.4) is 0 Å². The molecular weight excluding hydrogens is 238 g/mol. The van der Waals surface area contributed by atoms with E-state index in [1.54, 1.807) is 6.26 Å². The Labute approximate surface area is 111 Å². The number of benzene rings is 1.